The minimum absolute atomic E-state index is 0. The van der Waals surface area contributed by atoms with Crippen LogP contribution in [0.1, 0.15) is 10.4 Å². The van der Waals surface area contributed by atoms with E-state index in [2.05, 4.69) is 21.2 Å². The van der Waals surface area contributed by atoms with Gasteiger partial charge in [0.25, 0.3) is 5.91 Å². The van der Waals surface area contributed by atoms with Gasteiger partial charge in [0.05, 0.1) is 5.02 Å². The van der Waals surface area contributed by atoms with Crippen molar-refractivity contribution >= 4 is 45.8 Å². The van der Waals surface area contributed by atoms with Gasteiger partial charge in [0.2, 0.25) is 0 Å². The summed E-state index contributed by atoms with van der Waals surface area (Å²) in [5, 5.41) is 3.78. The fourth-order valence-electron chi connectivity index (χ4n) is 1.68. The van der Waals surface area contributed by atoms with Gasteiger partial charge < -0.3 is 10.2 Å². The molecule has 1 aliphatic rings. The molecule has 17 heavy (non-hydrogen) atoms. The lowest BCUT2D eigenvalue weighted by molar-refractivity contribution is 0.0736. The van der Waals surface area contributed by atoms with Gasteiger partial charge in [0.15, 0.2) is 0 Å². The zero-order valence-electron chi connectivity index (χ0n) is 9.08. The number of hydrogen-bond donors (Lipinski definition) is 1. The second kappa shape index (κ2) is 6.59. The number of carbonyl (C=O) groups excluding carboxylic acids is 1. The number of benzene rings is 1. The second-order valence-electron chi connectivity index (χ2n) is 3.67. The van der Waals surface area contributed by atoms with Crippen LogP contribution in [-0.2, 0) is 0 Å². The van der Waals surface area contributed by atoms with Crippen LogP contribution >= 0.6 is 39.9 Å². The first-order valence-corrected chi connectivity index (χ1v) is 6.30. The topological polar surface area (TPSA) is 32.3 Å². The average molecular weight is 340 g/mol. The van der Waals surface area contributed by atoms with E-state index < -0.39 is 0 Å². The molecule has 0 aromatic heterocycles. The van der Waals surface area contributed by atoms with E-state index >= 15 is 0 Å². The summed E-state index contributed by atoms with van der Waals surface area (Å²) in [6.45, 7) is 3.23. The number of amides is 1. The van der Waals surface area contributed by atoms with Crippen LogP contribution in [0.4, 0.5) is 0 Å². The van der Waals surface area contributed by atoms with Crippen molar-refractivity contribution in [3.63, 3.8) is 0 Å². The van der Waals surface area contributed by atoms with E-state index in [1.165, 1.54) is 0 Å². The number of carbonyl (C=O) groups is 1. The monoisotopic (exact) mass is 338 g/mol. The molecule has 1 N–H and O–H groups in total. The highest BCUT2D eigenvalue weighted by atomic mass is 79.9. The Balaban J connectivity index is 0.00000144. The molecule has 1 amide bonds. The molecule has 1 fully saturated rings. The molecule has 1 saturated heterocycles. The Morgan fingerprint density at radius 2 is 2.00 bits per heavy atom. The fraction of sp³-hybridized carbons (Fsp3) is 0.364. The molecule has 0 saturated carbocycles. The molecule has 1 aliphatic heterocycles. The summed E-state index contributed by atoms with van der Waals surface area (Å²) in [4.78, 5) is 13.9. The van der Waals surface area contributed by atoms with Gasteiger partial charge in [-0.05, 0) is 34.1 Å². The molecule has 1 heterocycles. The molecule has 0 bridgehead atoms. The molecule has 6 heteroatoms. The van der Waals surface area contributed by atoms with Gasteiger partial charge in [0.1, 0.15) is 0 Å². The standard InChI is InChI=1S/C11H12BrClN2O.ClH/c12-9-2-1-8(7-10(9)13)11(16)15-5-3-14-4-6-15;/h1-2,7,14H,3-6H2;1H. The third-order valence-electron chi connectivity index (χ3n) is 2.57. The van der Waals surface area contributed by atoms with Crippen molar-refractivity contribution in [2.75, 3.05) is 26.2 Å². The summed E-state index contributed by atoms with van der Waals surface area (Å²) < 4.78 is 0.811. The quantitative estimate of drug-likeness (QED) is 0.852. The zero-order chi connectivity index (χ0) is 11.5. The lowest BCUT2D eigenvalue weighted by Crippen LogP contribution is -2.46. The first-order valence-electron chi connectivity index (χ1n) is 5.13. The van der Waals surface area contributed by atoms with Crippen molar-refractivity contribution in [3.05, 3.63) is 33.3 Å². The van der Waals surface area contributed by atoms with Gasteiger partial charge in [-0.25, -0.2) is 0 Å². The predicted octanol–water partition coefficient (Wildman–Crippen LogP) is 2.57. The summed E-state index contributed by atoms with van der Waals surface area (Å²) in [5.41, 5.74) is 0.648. The summed E-state index contributed by atoms with van der Waals surface area (Å²) in [5.74, 6) is 0.0518. The minimum atomic E-state index is 0. The van der Waals surface area contributed by atoms with Crippen molar-refractivity contribution in [1.82, 2.24) is 10.2 Å². The van der Waals surface area contributed by atoms with Crippen LogP contribution in [0.5, 0.6) is 0 Å². The smallest absolute Gasteiger partial charge is 0.253 e. The van der Waals surface area contributed by atoms with Gasteiger partial charge >= 0.3 is 0 Å². The number of nitrogens with one attached hydrogen (secondary N) is 1. The second-order valence-corrected chi connectivity index (χ2v) is 4.93. The first-order chi connectivity index (χ1) is 7.68. The third kappa shape index (κ3) is 3.58. The molecule has 0 aliphatic carbocycles. The zero-order valence-corrected chi connectivity index (χ0v) is 12.2. The van der Waals surface area contributed by atoms with Crippen LogP contribution in [0.15, 0.2) is 22.7 Å². The van der Waals surface area contributed by atoms with Crippen molar-refractivity contribution in [2.24, 2.45) is 0 Å². The Bertz CT molecular complexity index is 408. The van der Waals surface area contributed by atoms with E-state index in [9.17, 15) is 4.79 Å². The largest absolute Gasteiger partial charge is 0.336 e. The number of piperazine rings is 1. The number of hydrogen-bond acceptors (Lipinski definition) is 2. The molecule has 3 nitrogen and oxygen atoms in total. The van der Waals surface area contributed by atoms with E-state index in [4.69, 9.17) is 11.6 Å². The maximum Gasteiger partial charge on any atom is 0.253 e. The van der Waals surface area contributed by atoms with Crippen LogP contribution in [0, 0.1) is 0 Å². The maximum absolute atomic E-state index is 12.1. The Morgan fingerprint density at radius 3 is 2.59 bits per heavy atom. The molecular weight excluding hydrogens is 327 g/mol. The van der Waals surface area contributed by atoms with Crippen molar-refractivity contribution in [2.45, 2.75) is 0 Å². The van der Waals surface area contributed by atoms with E-state index in [-0.39, 0.29) is 18.3 Å². The van der Waals surface area contributed by atoms with Crippen LogP contribution in [0.2, 0.25) is 5.02 Å². The van der Waals surface area contributed by atoms with Crippen LogP contribution in [-0.4, -0.2) is 37.0 Å². The van der Waals surface area contributed by atoms with Crippen molar-refractivity contribution < 1.29 is 4.79 Å². The molecule has 1 aromatic carbocycles. The summed E-state index contributed by atoms with van der Waals surface area (Å²) in [6, 6.07) is 5.30. The van der Waals surface area contributed by atoms with E-state index in [1.807, 2.05) is 4.90 Å². The summed E-state index contributed by atoms with van der Waals surface area (Å²) >= 11 is 9.27. The van der Waals surface area contributed by atoms with Crippen LogP contribution < -0.4 is 5.32 Å². The van der Waals surface area contributed by atoms with Gasteiger partial charge in [0, 0.05) is 36.2 Å². The maximum atomic E-state index is 12.1. The van der Waals surface area contributed by atoms with E-state index in [0.29, 0.717) is 10.6 Å². The summed E-state index contributed by atoms with van der Waals surface area (Å²) in [6.07, 6.45) is 0. The lowest BCUT2D eigenvalue weighted by Gasteiger charge is -2.27. The van der Waals surface area contributed by atoms with E-state index in [0.717, 1.165) is 30.7 Å². The van der Waals surface area contributed by atoms with Gasteiger partial charge in [-0.1, -0.05) is 11.6 Å². The molecule has 94 valence electrons. The van der Waals surface area contributed by atoms with Crippen LogP contribution in [0.3, 0.4) is 0 Å². The number of nitrogens with zero attached hydrogens (tertiary/aromatic N) is 1. The fourth-order valence-corrected chi connectivity index (χ4v) is 2.11. The normalized spacial score (nSPS) is 15.3. The van der Waals surface area contributed by atoms with E-state index in [1.54, 1.807) is 18.2 Å². The SMILES string of the molecule is Cl.O=C(c1ccc(Br)c(Cl)c1)N1CCNCC1. The molecule has 1 aromatic rings. The van der Waals surface area contributed by atoms with Crippen LogP contribution in [0.25, 0.3) is 0 Å². The molecule has 2 rings (SSSR count). The number of rotatable bonds is 1. The minimum Gasteiger partial charge on any atom is -0.336 e. The van der Waals surface area contributed by atoms with Crippen molar-refractivity contribution in [3.8, 4) is 0 Å². The third-order valence-corrected chi connectivity index (χ3v) is 3.80. The highest BCUT2D eigenvalue weighted by Crippen LogP contribution is 2.23. The Morgan fingerprint density at radius 1 is 1.35 bits per heavy atom. The molecule has 0 radical (unpaired) electrons. The molecule has 0 atom stereocenters. The Labute approximate surface area is 120 Å². The predicted molar refractivity (Wildman–Crippen MR) is 75.2 cm³/mol. The molecule has 0 spiro atoms. The first kappa shape index (κ1) is 14.8. The van der Waals surface area contributed by atoms with Crippen molar-refractivity contribution in [1.29, 1.82) is 0 Å². The van der Waals surface area contributed by atoms with Gasteiger partial charge in [-0.15, -0.1) is 12.4 Å². The molecule has 0 unspecified atom stereocenters. The average Bonchev–Trinajstić information content (AvgIpc) is 2.33. The molecular formula is C11H13BrCl2N2O. The van der Waals surface area contributed by atoms with Gasteiger partial charge in [-0.2, -0.15) is 0 Å². The van der Waals surface area contributed by atoms with Gasteiger partial charge in [-0.3, -0.25) is 4.79 Å². The summed E-state index contributed by atoms with van der Waals surface area (Å²) in [7, 11) is 0. The highest BCUT2D eigenvalue weighted by molar-refractivity contribution is 9.10. The number of halogens is 3. The lowest BCUT2D eigenvalue weighted by atomic mass is 10.2. The Hall–Kier alpha value is -0.290. The Kier molecular flexibility index (Phi) is 5.73. The highest BCUT2D eigenvalue weighted by Gasteiger charge is 2.18.